The number of sulfonamides is 1. The van der Waals surface area contributed by atoms with Gasteiger partial charge in [-0.3, -0.25) is 0 Å². The molecule has 0 saturated heterocycles. The molecule has 0 aliphatic heterocycles. The van der Waals surface area contributed by atoms with Crippen LogP contribution in [0.4, 0.5) is 0 Å². The van der Waals surface area contributed by atoms with Gasteiger partial charge in [-0.2, -0.15) is 0 Å². The van der Waals surface area contributed by atoms with E-state index in [1.165, 1.54) is 0 Å². The third-order valence-corrected chi connectivity index (χ3v) is 4.35. The second kappa shape index (κ2) is 7.73. The largest absolute Gasteiger partial charge is 0.389 e. The summed E-state index contributed by atoms with van der Waals surface area (Å²) in [4.78, 5) is 0. The Morgan fingerprint density at radius 3 is 2.55 bits per heavy atom. The van der Waals surface area contributed by atoms with Crippen LogP contribution < -0.4 is 4.72 Å². The summed E-state index contributed by atoms with van der Waals surface area (Å²) in [5.41, 5.74) is -0.125. The van der Waals surface area contributed by atoms with Crippen LogP contribution in [-0.4, -0.2) is 45.1 Å². The van der Waals surface area contributed by atoms with Crippen LogP contribution in [0.5, 0.6) is 0 Å². The highest BCUT2D eigenvalue weighted by Gasteiger charge is 2.22. The van der Waals surface area contributed by atoms with Gasteiger partial charge in [0.25, 0.3) is 0 Å². The second-order valence-electron chi connectivity index (χ2n) is 5.12. The average molecular weight is 301 g/mol. The van der Waals surface area contributed by atoms with E-state index in [-0.39, 0.29) is 12.3 Å². The Hall–Kier alpha value is -0.950. The van der Waals surface area contributed by atoms with E-state index in [9.17, 15) is 13.5 Å². The average Bonchev–Trinajstić information content (AvgIpc) is 2.43. The zero-order valence-corrected chi connectivity index (χ0v) is 12.8. The van der Waals surface area contributed by atoms with Gasteiger partial charge in [-0.15, -0.1) is 0 Å². The number of hydrogen-bond acceptors (Lipinski definition) is 4. The molecule has 1 aromatic rings. The Bertz CT molecular complexity index is 485. The van der Waals surface area contributed by atoms with Gasteiger partial charge in [-0.1, -0.05) is 30.3 Å². The maximum Gasteiger partial charge on any atom is 0.212 e. The van der Waals surface area contributed by atoms with Crippen molar-refractivity contribution in [2.75, 3.05) is 26.0 Å². The van der Waals surface area contributed by atoms with E-state index >= 15 is 0 Å². The summed E-state index contributed by atoms with van der Waals surface area (Å²) in [5.74, 6) is 0.0113. The first-order valence-corrected chi connectivity index (χ1v) is 8.22. The summed E-state index contributed by atoms with van der Waals surface area (Å²) in [5, 5.41) is 9.99. The van der Waals surface area contributed by atoms with Crippen molar-refractivity contribution in [3.63, 3.8) is 0 Å². The van der Waals surface area contributed by atoms with Crippen LogP contribution in [0.15, 0.2) is 30.3 Å². The van der Waals surface area contributed by atoms with Gasteiger partial charge >= 0.3 is 0 Å². The lowest BCUT2D eigenvalue weighted by Crippen LogP contribution is -2.42. The number of hydrogen-bond donors (Lipinski definition) is 2. The molecular weight excluding hydrogens is 278 g/mol. The van der Waals surface area contributed by atoms with Crippen LogP contribution in [0.3, 0.4) is 0 Å². The fourth-order valence-corrected chi connectivity index (χ4v) is 2.82. The molecule has 0 bridgehead atoms. The molecule has 2 N–H and O–H groups in total. The molecule has 114 valence electrons. The van der Waals surface area contributed by atoms with E-state index in [1.54, 1.807) is 14.0 Å². The molecule has 1 unspecified atom stereocenters. The maximum atomic E-state index is 11.9. The molecule has 0 aliphatic rings. The summed E-state index contributed by atoms with van der Waals surface area (Å²) in [6, 6.07) is 9.44. The van der Waals surface area contributed by atoms with Crippen LogP contribution in [0.25, 0.3) is 0 Å². The van der Waals surface area contributed by atoms with Crippen molar-refractivity contribution >= 4 is 10.0 Å². The molecular formula is C14H23NO4S. The van der Waals surface area contributed by atoms with Crippen molar-refractivity contribution in [1.29, 1.82) is 0 Å². The fourth-order valence-electron chi connectivity index (χ4n) is 1.64. The van der Waals surface area contributed by atoms with E-state index in [4.69, 9.17) is 4.74 Å². The molecule has 0 saturated carbocycles. The SMILES string of the molecule is COCCC(C)(O)CNS(=O)(=O)CCc1ccccc1. The summed E-state index contributed by atoms with van der Waals surface area (Å²) >= 11 is 0. The first kappa shape index (κ1) is 17.1. The van der Waals surface area contributed by atoms with E-state index < -0.39 is 15.6 Å². The summed E-state index contributed by atoms with van der Waals surface area (Å²) in [6.45, 7) is 1.97. The highest BCUT2D eigenvalue weighted by atomic mass is 32.2. The molecule has 5 nitrogen and oxygen atoms in total. The smallest absolute Gasteiger partial charge is 0.212 e. The Morgan fingerprint density at radius 1 is 1.30 bits per heavy atom. The molecule has 0 spiro atoms. The molecule has 1 atom stereocenters. The van der Waals surface area contributed by atoms with Crippen LogP contribution in [0.2, 0.25) is 0 Å². The van der Waals surface area contributed by atoms with Crippen molar-refractivity contribution in [2.45, 2.75) is 25.4 Å². The normalized spacial score (nSPS) is 14.9. The molecule has 1 rings (SSSR count). The van der Waals surface area contributed by atoms with E-state index in [2.05, 4.69) is 4.72 Å². The van der Waals surface area contributed by atoms with Crippen LogP contribution in [0.1, 0.15) is 18.9 Å². The van der Waals surface area contributed by atoms with Crippen molar-refractivity contribution in [1.82, 2.24) is 4.72 Å². The highest BCUT2D eigenvalue weighted by molar-refractivity contribution is 7.89. The number of ether oxygens (including phenoxy) is 1. The van der Waals surface area contributed by atoms with Gasteiger partial charge in [0, 0.05) is 26.7 Å². The monoisotopic (exact) mass is 301 g/mol. The van der Waals surface area contributed by atoms with Gasteiger partial charge in [0.1, 0.15) is 0 Å². The summed E-state index contributed by atoms with van der Waals surface area (Å²) in [7, 11) is -1.85. The number of nitrogens with one attached hydrogen (secondary N) is 1. The maximum absolute atomic E-state index is 11.9. The lowest BCUT2D eigenvalue weighted by atomic mass is 10.0. The zero-order chi connectivity index (χ0) is 15.1. The number of aryl methyl sites for hydroxylation is 1. The van der Waals surface area contributed by atoms with E-state index in [1.807, 2.05) is 30.3 Å². The molecule has 0 amide bonds. The van der Waals surface area contributed by atoms with Gasteiger partial charge in [0.2, 0.25) is 10.0 Å². The standard InChI is InChI=1S/C14H23NO4S/c1-14(16,9-10-19-2)12-15-20(17,18)11-8-13-6-4-3-5-7-13/h3-7,15-16H,8-12H2,1-2H3. The van der Waals surface area contributed by atoms with Crippen LogP contribution in [0, 0.1) is 0 Å². The Balaban J connectivity index is 2.42. The van der Waals surface area contributed by atoms with Gasteiger partial charge < -0.3 is 9.84 Å². The predicted molar refractivity (Wildman–Crippen MR) is 79.1 cm³/mol. The van der Waals surface area contributed by atoms with Crippen LogP contribution >= 0.6 is 0 Å². The lowest BCUT2D eigenvalue weighted by molar-refractivity contribution is 0.0292. The first-order chi connectivity index (χ1) is 9.35. The second-order valence-corrected chi connectivity index (χ2v) is 7.04. The first-order valence-electron chi connectivity index (χ1n) is 6.57. The zero-order valence-electron chi connectivity index (χ0n) is 12.0. The van der Waals surface area contributed by atoms with Crippen LogP contribution in [-0.2, 0) is 21.2 Å². The van der Waals surface area contributed by atoms with Gasteiger partial charge in [-0.05, 0) is 18.9 Å². The van der Waals surface area contributed by atoms with Gasteiger partial charge in [0.15, 0.2) is 0 Å². The van der Waals surface area contributed by atoms with Crippen molar-refractivity contribution in [2.24, 2.45) is 0 Å². The minimum absolute atomic E-state index is 0.00647. The molecule has 0 aliphatic carbocycles. The van der Waals surface area contributed by atoms with Crippen molar-refractivity contribution in [3.05, 3.63) is 35.9 Å². The minimum atomic E-state index is -3.39. The quantitative estimate of drug-likeness (QED) is 0.711. The molecule has 0 heterocycles. The number of methoxy groups -OCH3 is 1. The van der Waals surface area contributed by atoms with Crippen molar-refractivity contribution in [3.8, 4) is 0 Å². The minimum Gasteiger partial charge on any atom is -0.389 e. The van der Waals surface area contributed by atoms with E-state index in [0.717, 1.165) is 5.56 Å². The fraction of sp³-hybridized carbons (Fsp3) is 0.571. The number of aliphatic hydroxyl groups is 1. The lowest BCUT2D eigenvalue weighted by Gasteiger charge is -2.23. The summed E-state index contributed by atoms with van der Waals surface area (Å²) < 4.78 is 31.1. The Morgan fingerprint density at radius 2 is 1.95 bits per heavy atom. The third-order valence-electron chi connectivity index (χ3n) is 3.02. The third kappa shape index (κ3) is 7.00. The molecule has 1 aromatic carbocycles. The Labute approximate surface area is 121 Å². The molecule has 0 fully saturated rings. The van der Waals surface area contributed by atoms with Crippen molar-refractivity contribution < 1.29 is 18.3 Å². The molecule has 0 aromatic heterocycles. The van der Waals surface area contributed by atoms with E-state index in [0.29, 0.717) is 19.4 Å². The topological polar surface area (TPSA) is 75.6 Å². The number of rotatable bonds is 9. The highest BCUT2D eigenvalue weighted by Crippen LogP contribution is 2.08. The molecule has 6 heteroatoms. The molecule has 0 radical (unpaired) electrons. The van der Waals surface area contributed by atoms with Gasteiger partial charge in [-0.25, -0.2) is 13.1 Å². The Kier molecular flexibility index (Phi) is 6.61. The molecule has 20 heavy (non-hydrogen) atoms. The number of benzene rings is 1. The predicted octanol–water partition coefficient (Wildman–Crippen LogP) is 0.936. The van der Waals surface area contributed by atoms with Gasteiger partial charge in [0.05, 0.1) is 11.4 Å². The summed E-state index contributed by atoms with van der Waals surface area (Å²) in [6.07, 6.45) is 0.834.